The van der Waals surface area contributed by atoms with E-state index in [0.717, 1.165) is 0 Å². The number of hydrogen-bond donors (Lipinski definition) is 4. The zero-order valence-corrected chi connectivity index (χ0v) is 30.8. The van der Waals surface area contributed by atoms with Crippen molar-refractivity contribution in [2.45, 2.75) is 165 Å². The maximum absolute atomic E-state index is 14.2. The molecule has 0 unspecified atom stereocenters. The number of ether oxygens (including phenoxy) is 2. The van der Waals surface area contributed by atoms with Crippen LogP contribution in [-0.4, -0.2) is 113 Å². The molecule has 6 atom stereocenters. The molecular weight excluding hydrogens is 660 g/mol. The van der Waals surface area contributed by atoms with Gasteiger partial charge in [-0.05, 0) is 72.1 Å². The first-order chi connectivity index (χ1) is 24.3. The minimum atomic E-state index is -0.975. The fraction of sp³-hybridized carbons (Fsp3) is 0.806. The highest BCUT2D eigenvalue weighted by Crippen LogP contribution is 2.27. The Balaban J connectivity index is 1.68. The molecule has 15 nitrogen and oxygen atoms in total. The van der Waals surface area contributed by atoms with Crippen LogP contribution in [-0.2, 0) is 38.2 Å². The number of carbonyl (C=O) groups excluding carboxylic acids is 7. The first-order valence-electron chi connectivity index (χ1n) is 18.9. The van der Waals surface area contributed by atoms with E-state index >= 15 is 0 Å². The number of alkyl carbamates (subject to hydrolysis) is 1. The van der Waals surface area contributed by atoms with Gasteiger partial charge in [-0.3, -0.25) is 24.0 Å². The fourth-order valence-corrected chi connectivity index (χ4v) is 7.53. The van der Waals surface area contributed by atoms with Crippen LogP contribution in [0.1, 0.15) is 124 Å². The van der Waals surface area contributed by atoms with Gasteiger partial charge in [0.15, 0.2) is 0 Å². The van der Waals surface area contributed by atoms with Crippen LogP contribution >= 0.6 is 0 Å². The molecule has 0 spiro atoms. The van der Waals surface area contributed by atoms with Gasteiger partial charge in [0.05, 0.1) is 7.11 Å². The molecule has 2 bridgehead atoms. The first-order valence-corrected chi connectivity index (χ1v) is 18.9. The SMILES string of the molecule is COC(=O)[C@@H]1CCCCCC[C@H](NC(=O)OC(C)(C)C)C(=O)N[C@H]2CCCCCC[C@H](NC(=O)[C@@H]3CCCN3C(=O)[C@H]3CCCN3C2=O)C(=O)N1. The van der Waals surface area contributed by atoms with Crippen molar-refractivity contribution in [1.82, 2.24) is 31.1 Å². The van der Waals surface area contributed by atoms with Crippen molar-refractivity contribution in [2.24, 2.45) is 0 Å². The van der Waals surface area contributed by atoms with Gasteiger partial charge in [0, 0.05) is 13.1 Å². The second-order valence-corrected chi connectivity index (χ2v) is 15.3. The lowest BCUT2D eigenvalue weighted by Gasteiger charge is -2.34. The van der Waals surface area contributed by atoms with Gasteiger partial charge >= 0.3 is 12.1 Å². The van der Waals surface area contributed by atoms with Crippen LogP contribution in [0.4, 0.5) is 4.79 Å². The van der Waals surface area contributed by atoms with Crippen molar-refractivity contribution in [1.29, 1.82) is 0 Å². The van der Waals surface area contributed by atoms with Gasteiger partial charge < -0.3 is 40.5 Å². The van der Waals surface area contributed by atoms with Crippen molar-refractivity contribution in [2.75, 3.05) is 20.2 Å². The first kappa shape index (κ1) is 39.9. The molecule has 4 heterocycles. The second kappa shape index (κ2) is 18.5. The molecule has 0 aromatic heterocycles. The Hall–Kier alpha value is -3.91. The van der Waals surface area contributed by atoms with Gasteiger partial charge in [0.25, 0.3) is 0 Å². The van der Waals surface area contributed by atoms with Crippen molar-refractivity contribution in [3.63, 3.8) is 0 Å². The van der Waals surface area contributed by atoms with Crippen molar-refractivity contribution >= 4 is 41.6 Å². The summed E-state index contributed by atoms with van der Waals surface area (Å²) in [6.45, 7) is 5.87. The zero-order valence-electron chi connectivity index (χ0n) is 30.8. The van der Waals surface area contributed by atoms with E-state index in [0.29, 0.717) is 109 Å². The van der Waals surface area contributed by atoms with E-state index < -0.39 is 71.6 Å². The van der Waals surface area contributed by atoms with Crippen molar-refractivity contribution in [3.05, 3.63) is 0 Å². The molecule has 0 aliphatic carbocycles. The Labute approximate surface area is 301 Å². The number of nitrogens with one attached hydrogen (secondary N) is 4. The van der Waals surface area contributed by atoms with Crippen LogP contribution in [0.5, 0.6) is 0 Å². The molecule has 0 saturated carbocycles. The number of carbonyl (C=O) groups is 7. The largest absolute Gasteiger partial charge is 0.467 e. The van der Waals surface area contributed by atoms with Crippen LogP contribution in [0.2, 0.25) is 0 Å². The minimum Gasteiger partial charge on any atom is -0.467 e. The monoisotopic (exact) mass is 718 g/mol. The highest BCUT2D eigenvalue weighted by Gasteiger charge is 2.44. The van der Waals surface area contributed by atoms with Crippen LogP contribution in [0.25, 0.3) is 0 Å². The standard InChI is InChI=1S/C36H58N6O9/c1-36(2,3)51-35(49)40-24-16-10-6-8-12-18-26(34(48)50-4)39-29(43)23-15-9-5-7-11-17-25(38-30(24)44)32(46)42-22-14-20-28(42)33(47)41-21-13-19-27(41)31(45)37-23/h23-28H,5-22H2,1-4H3,(H,37,45)(H,38,44)(H,39,43)(H,40,49)/t23-,24-,25-,26-,27-,28+/m0/s1. The summed E-state index contributed by atoms with van der Waals surface area (Å²) < 4.78 is 10.4. The average molecular weight is 719 g/mol. The third-order valence-electron chi connectivity index (χ3n) is 10.2. The van der Waals surface area contributed by atoms with Crippen LogP contribution in [0.15, 0.2) is 0 Å². The number of hydrogen-bond acceptors (Lipinski definition) is 9. The number of fused-ring (bicyclic) bond motifs is 9. The van der Waals surface area contributed by atoms with Gasteiger partial charge in [-0.15, -0.1) is 0 Å². The molecule has 15 heteroatoms. The van der Waals surface area contributed by atoms with E-state index in [-0.39, 0.29) is 18.2 Å². The van der Waals surface area contributed by atoms with Gasteiger partial charge in [-0.25, -0.2) is 9.59 Å². The molecule has 4 saturated heterocycles. The summed E-state index contributed by atoms with van der Waals surface area (Å²) in [7, 11) is 1.26. The summed E-state index contributed by atoms with van der Waals surface area (Å²) in [5.74, 6) is -2.67. The van der Waals surface area contributed by atoms with Gasteiger partial charge in [-0.1, -0.05) is 51.4 Å². The summed E-state index contributed by atoms with van der Waals surface area (Å²) in [6.07, 6.45) is 7.53. The van der Waals surface area contributed by atoms with Crippen LogP contribution < -0.4 is 21.3 Å². The Bertz CT molecular complexity index is 1290. The normalized spacial score (nSPS) is 29.7. The fourth-order valence-electron chi connectivity index (χ4n) is 7.53. The molecule has 4 aliphatic rings. The number of nitrogens with zero attached hydrogens (tertiary/aromatic N) is 2. The Morgan fingerprint density at radius 2 is 1.18 bits per heavy atom. The van der Waals surface area contributed by atoms with Crippen LogP contribution in [0, 0.1) is 0 Å². The summed E-state index contributed by atoms with van der Waals surface area (Å²) in [5, 5.41) is 11.4. The van der Waals surface area contributed by atoms with Gasteiger partial charge in [-0.2, -0.15) is 0 Å². The molecule has 0 radical (unpaired) electrons. The number of methoxy groups -OCH3 is 1. The van der Waals surface area contributed by atoms with E-state index in [4.69, 9.17) is 9.47 Å². The summed E-state index contributed by atoms with van der Waals surface area (Å²) in [6, 6.07) is -5.30. The van der Waals surface area contributed by atoms with Crippen molar-refractivity contribution in [3.8, 4) is 0 Å². The highest BCUT2D eigenvalue weighted by molar-refractivity contribution is 5.97. The van der Waals surface area contributed by atoms with Gasteiger partial charge in [0.1, 0.15) is 41.9 Å². The van der Waals surface area contributed by atoms with E-state index in [1.54, 1.807) is 20.8 Å². The topological polar surface area (TPSA) is 193 Å². The highest BCUT2D eigenvalue weighted by atomic mass is 16.6. The maximum Gasteiger partial charge on any atom is 0.408 e. The lowest BCUT2D eigenvalue weighted by Crippen LogP contribution is -2.59. The number of esters is 1. The molecule has 286 valence electrons. The van der Waals surface area contributed by atoms with Crippen LogP contribution in [0.3, 0.4) is 0 Å². The Morgan fingerprint density at radius 1 is 0.627 bits per heavy atom. The molecule has 0 aromatic carbocycles. The zero-order chi connectivity index (χ0) is 37.1. The molecule has 6 amide bonds. The lowest BCUT2D eigenvalue weighted by molar-refractivity contribution is -0.148. The molecule has 4 N–H and O–H groups in total. The predicted molar refractivity (Wildman–Crippen MR) is 186 cm³/mol. The predicted octanol–water partition coefficient (Wildman–Crippen LogP) is 2.20. The second-order valence-electron chi connectivity index (χ2n) is 15.3. The van der Waals surface area contributed by atoms with E-state index in [1.165, 1.54) is 16.9 Å². The Morgan fingerprint density at radius 3 is 1.80 bits per heavy atom. The number of amides is 6. The smallest absolute Gasteiger partial charge is 0.408 e. The third kappa shape index (κ3) is 11.3. The van der Waals surface area contributed by atoms with E-state index in [1.807, 2.05) is 0 Å². The molecule has 0 aromatic rings. The third-order valence-corrected chi connectivity index (χ3v) is 10.2. The molecule has 51 heavy (non-hydrogen) atoms. The minimum absolute atomic E-state index is 0.283. The van der Waals surface area contributed by atoms with Gasteiger partial charge in [0.2, 0.25) is 29.5 Å². The summed E-state index contributed by atoms with van der Waals surface area (Å²) >= 11 is 0. The summed E-state index contributed by atoms with van der Waals surface area (Å²) in [4.78, 5) is 98.2. The summed E-state index contributed by atoms with van der Waals surface area (Å²) in [5.41, 5.74) is -0.787. The molecule has 4 fully saturated rings. The molecular formula is C36H58N6O9. The number of rotatable bonds is 2. The maximum atomic E-state index is 14.2. The molecule has 4 aliphatic heterocycles. The van der Waals surface area contributed by atoms with Crippen molar-refractivity contribution < 1.29 is 43.0 Å². The van der Waals surface area contributed by atoms with E-state index in [2.05, 4.69) is 21.3 Å². The quantitative estimate of drug-likeness (QED) is 0.310. The van der Waals surface area contributed by atoms with E-state index in [9.17, 15) is 33.6 Å². The average Bonchev–Trinajstić information content (AvgIpc) is 3.77. The lowest BCUT2D eigenvalue weighted by atomic mass is 9.99. The Kier molecular flexibility index (Phi) is 14.5. The molecule has 4 rings (SSSR count).